The number of amides is 1. The molecule has 3 aliphatic heterocycles. The van der Waals surface area contributed by atoms with E-state index in [0.29, 0.717) is 6.54 Å². The van der Waals surface area contributed by atoms with Crippen LogP contribution >= 0.6 is 11.8 Å². The van der Waals surface area contributed by atoms with Crippen molar-refractivity contribution in [2.45, 2.75) is 62.0 Å². The minimum absolute atomic E-state index is 0.0738. The second-order valence-electron chi connectivity index (χ2n) is 8.07. The molecule has 3 atom stereocenters. The second kappa shape index (κ2) is 5.24. The Balaban J connectivity index is 1.65. The van der Waals surface area contributed by atoms with Crippen LogP contribution in [0.25, 0.3) is 0 Å². The highest BCUT2D eigenvalue weighted by Crippen LogP contribution is 2.56. The van der Waals surface area contributed by atoms with Crippen LogP contribution < -0.4 is 4.74 Å². The third-order valence-corrected chi connectivity index (χ3v) is 7.39. The number of methoxy groups -OCH3 is 1. The van der Waals surface area contributed by atoms with Crippen LogP contribution in [-0.4, -0.2) is 56.3 Å². The molecule has 0 aliphatic carbocycles. The summed E-state index contributed by atoms with van der Waals surface area (Å²) >= 11 is 1.66. The fourth-order valence-electron chi connectivity index (χ4n) is 4.60. The van der Waals surface area contributed by atoms with Crippen LogP contribution in [-0.2, 0) is 16.1 Å². The standard InChI is InChI=1S/C19H24N2O3S/c1-18(2)16-14(22)15(25-18)13-17(23)20(19(3,4)21(13)16)10-11-6-8-12(24-5)9-7-11/h6-9,13,15-16H,10H2,1-5H3/t13-,15+,16-/m0/s1. The van der Waals surface area contributed by atoms with Gasteiger partial charge in [-0.25, -0.2) is 0 Å². The van der Waals surface area contributed by atoms with Crippen molar-refractivity contribution < 1.29 is 14.3 Å². The van der Waals surface area contributed by atoms with Gasteiger partial charge in [-0.1, -0.05) is 12.1 Å². The van der Waals surface area contributed by atoms with Crippen LogP contribution in [0.4, 0.5) is 0 Å². The van der Waals surface area contributed by atoms with Crippen molar-refractivity contribution >= 4 is 23.5 Å². The van der Waals surface area contributed by atoms with Gasteiger partial charge in [-0.3, -0.25) is 14.5 Å². The molecule has 2 bridgehead atoms. The van der Waals surface area contributed by atoms with Gasteiger partial charge in [-0.05, 0) is 45.4 Å². The third-order valence-electron chi connectivity index (χ3n) is 5.81. The minimum atomic E-state index is -0.477. The maximum Gasteiger partial charge on any atom is 0.243 e. The minimum Gasteiger partial charge on any atom is -0.497 e. The van der Waals surface area contributed by atoms with Gasteiger partial charge in [0.1, 0.15) is 11.8 Å². The molecule has 5 nitrogen and oxygen atoms in total. The normalized spacial score (nSPS) is 32.4. The topological polar surface area (TPSA) is 49.9 Å². The molecule has 134 valence electrons. The number of rotatable bonds is 3. The lowest BCUT2D eigenvalue weighted by Gasteiger charge is -2.45. The summed E-state index contributed by atoms with van der Waals surface area (Å²) in [5, 5.41) is -0.229. The first kappa shape index (κ1) is 16.9. The van der Waals surface area contributed by atoms with Gasteiger partial charge in [-0.15, -0.1) is 11.8 Å². The molecule has 0 saturated carbocycles. The average molecular weight is 360 g/mol. The van der Waals surface area contributed by atoms with Crippen molar-refractivity contribution in [2.24, 2.45) is 0 Å². The van der Waals surface area contributed by atoms with Gasteiger partial charge in [0.2, 0.25) is 5.91 Å². The molecule has 6 heteroatoms. The molecule has 1 aromatic rings. The number of ketones is 1. The van der Waals surface area contributed by atoms with Gasteiger partial charge >= 0.3 is 0 Å². The lowest BCUT2D eigenvalue weighted by atomic mass is 9.97. The van der Waals surface area contributed by atoms with Crippen LogP contribution in [0, 0.1) is 0 Å². The summed E-state index contributed by atoms with van der Waals surface area (Å²) < 4.78 is 5.06. The molecule has 3 fully saturated rings. The summed E-state index contributed by atoms with van der Waals surface area (Å²) in [6.07, 6.45) is 0. The number of hydrogen-bond donors (Lipinski definition) is 0. The summed E-state index contributed by atoms with van der Waals surface area (Å²) in [7, 11) is 1.64. The number of Topliss-reactive ketones (excluding diaryl/α,β-unsaturated/α-hetero) is 1. The molecular weight excluding hydrogens is 336 g/mol. The lowest BCUT2D eigenvalue weighted by molar-refractivity contribution is -0.134. The van der Waals surface area contributed by atoms with Gasteiger partial charge in [0.15, 0.2) is 5.78 Å². The van der Waals surface area contributed by atoms with Crippen LogP contribution in [0.15, 0.2) is 24.3 Å². The summed E-state index contributed by atoms with van der Waals surface area (Å²) in [6.45, 7) is 8.89. The molecule has 4 rings (SSSR count). The second-order valence-corrected chi connectivity index (χ2v) is 9.86. The monoisotopic (exact) mass is 360 g/mol. The molecule has 0 aromatic heterocycles. The van der Waals surface area contributed by atoms with E-state index < -0.39 is 5.66 Å². The average Bonchev–Trinajstić information content (AvgIpc) is 3.04. The number of benzene rings is 1. The van der Waals surface area contributed by atoms with Crippen molar-refractivity contribution in [3.8, 4) is 5.75 Å². The molecule has 1 aromatic carbocycles. The molecule has 0 radical (unpaired) electrons. The molecule has 25 heavy (non-hydrogen) atoms. The maximum atomic E-state index is 13.2. The maximum absolute atomic E-state index is 13.2. The van der Waals surface area contributed by atoms with E-state index in [2.05, 4.69) is 32.6 Å². The lowest BCUT2D eigenvalue weighted by Crippen LogP contribution is -2.58. The molecule has 3 heterocycles. The highest BCUT2D eigenvalue weighted by Gasteiger charge is 2.71. The summed E-state index contributed by atoms with van der Waals surface area (Å²) in [5.41, 5.74) is 0.587. The summed E-state index contributed by atoms with van der Waals surface area (Å²) in [4.78, 5) is 30.0. The predicted octanol–water partition coefficient (Wildman–Crippen LogP) is 2.29. The smallest absolute Gasteiger partial charge is 0.243 e. The van der Waals surface area contributed by atoms with Gasteiger partial charge in [0.25, 0.3) is 0 Å². The Morgan fingerprint density at radius 2 is 1.76 bits per heavy atom. The molecule has 1 amide bonds. The zero-order valence-corrected chi connectivity index (χ0v) is 16.1. The Morgan fingerprint density at radius 1 is 1.12 bits per heavy atom. The van der Waals surface area contributed by atoms with Crippen molar-refractivity contribution in [3.05, 3.63) is 29.8 Å². The molecule has 0 unspecified atom stereocenters. The molecule has 3 aliphatic rings. The van der Waals surface area contributed by atoms with Crippen molar-refractivity contribution in [1.29, 1.82) is 0 Å². The van der Waals surface area contributed by atoms with E-state index in [1.807, 2.05) is 29.2 Å². The Morgan fingerprint density at radius 3 is 2.36 bits per heavy atom. The number of carbonyl (C=O) groups is 2. The van der Waals surface area contributed by atoms with Crippen molar-refractivity contribution in [1.82, 2.24) is 9.80 Å². The summed E-state index contributed by atoms with van der Waals surface area (Å²) in [5.74, 6) is 1.10. The fourth-order valence-corrected chi connectivity index (χ4v) is 6.24. The predicted molar refractivity (Wildman–Crippen MR) is 97.5 cm³/mol. The first-order valence-electron chi connectivity index (χ1n) is 8.63. The van der Waals surface area contributed by atoms with Crippen molar-refractivity contribution in [3.63, 3.8) is 0 Å². The van der Waals surface area contributed by atoms with Crippen LogP contribution in [0.5, 0.6) is 5.75 Å². The van der Waals surface area contributed by atoms with Crippen LogP contribution in [0.1, 0.15) is 33.3 Å². The van der Waals surface area contributed by atoms with E-state index in [0.717, 1.165) is 11.3 Å². The van der Waals surface area contributed by atoms with E-state index in [1.165, 1.54) is 0 Å². The van der Waals surface area contributed by atoms with Gasteiger partial charge < -0.3 is 9.64 Å². The molecule has 0 spiro atoms. The number of hydrogen-bond acceptors (Lipinski definition) is 5. The number of nitrogens with zero attached hydrogens (tertiary/aromatic N) is 2. The molecule has 0 N–H and O–H groups in total. The summed E-state index contributed by atoms with van der Waals surface area (Å²) in [6, 6.07) is 7.30. The number of ether oxygens (including phenoxy) is 1. The SMILES string of the molecule is COc1ccc(CN2C(=O)[C@@H]3[C@H]4SC(C)(C)[C@H](C4=O)N3C2(C)C)cc1. The Labute approximate surface area is 152 Å². The van der Waals surface area contributed by atoms with Crippen molar-refractivity contribution in [2.75, 3.05) is 7.11 Å². The first-order valence-corrected chi connectivity index (χ1v) is 9.51. The number of carbonyl (C=O) groups excluding carboxylic acids is 2. The Bertz CT molecular complexity index is 744. The van der Waals surface area contributed by atoms with Gasteiger partial charge in [-0.2, -0.15) is 0 Å². The largest absolute Gasteiger partial charge is 0.497 e. The third kappa shape index (κ3) is 2.20. The van der Waals surface area contributed by atoms with E-state index in [-0.39, 0.29) is 33.8 Å². The molecular formula is C19H24N2O3S. The highest BCUT2D eigenvalue weighted by atomic mass is 32.2. The fraction of sp³-hybridized carbons (Fsp3) is 0.579. The zero-order chi connectivity index (χ0) is 18.1. The quantitative estimate of drug-likeness (QED) is 0.828. The highest BCUT2D eigenvalue weighted by molar-refractivity contribution is 8.02. The van der Waals surface area contributed by atoms with E-state index in [4.69, 9.17) is 4.74 Å². The molecule has 3 saturated heterocycles. The van der Waals surface area contributed by atoms with E-state index >= 15 is 0 Å². The van der Waals surface area contributed by atoms with Gasteiger partial charge in [0.05, 0.1) is 24.1 Å². The van der Waals surface area contributed by atoms with E-state index in [9.17, 15) is 9.59 Å². The van der Waals surface area contributed by atoms with Gasteiger partial charge in [0, 0.05) is 11.3 Å². The number of thioether (sulfide) groups is 1. The first-order chi connectivity index (χ1) is 11.7. The Hall–Kier alpha value is -1.53. The van der Waals surface area contributed by atoms with Crippen LogP contribution in [0.2, 0.25) is 0 Å². The zero-order valence-electron chi connectivity index (χ0n) is 15.3. The van der Waals surface area contributed by atoms with E-state index in [1.54, 1.807) is 18.9 Å². The number of fused-ring (bicyclic) bond motifs is 5. The Kier molecular flexibility index (Phi) is 3.54. The van der Waals surface area contributed by atoms with Crippen LogP contribution in [0.3, 0.4) is 0 Å².